The summed E-state index contributed by atoms with van der Waals surface area (Å²) in [5.41, 5.74) is 4.29. The van der Waals surface area contributed by atoms with E-state index in [1.54, 1.807) is 5.57 Å². The Hall–Kier alpha value is -1.61. The molecule has 1 unspecified atom stereocenters. The van der Waals surface area contributed by atoms with Crippen LogP contribution >= 0.6 is 0 Å². The molecule has 3 nitrogen and oxygen atoms in total. The molecule has 0 bridgehead atoms. The molecule has 3 aliphatic carbocycles. The highest BCUT2D eigenvalue weighted by atomic mass is 16.7. The normalized spacial score (nSPS) is 36.0. The van der Waals surface area contributed by atoms with Crippen LogP contribution in [-0.4, -0.2) is 18.7 Å². The summed E-state index contributed by atoms with van der Waals surface area (Å²) in [6.07, 6.45) is 10.6. The molecule has 3 heteroatoms. The van der Waals surface area contributed by atoms with Crippen LogP contribution < -0.4 is 4.74 Å². The van der Waals surface area contributed by atoms with Crippen molar-refractivity contribution in [3.8, 4) is 5.75 Å². The molecule has 26 heavy (non-hydrogen) atoms. The molecule has 0 aromatic heterocycles. The maximum atomic E-state index is 12.4. The lowest BCUT2D eigenvalue weighted by Gasteiger charge is -2.43. The molecule has 0 N–H and O–H groups in total. The zero-order valence-corrected chi connectivity index (χ0v) is 15.6. The molecule has 5 rings (SSSR count). The van der Waals surface area contributed by atoms with Gasteiger partial charge < -0.3 is 9.47 Å². The van der Waals surface area contributed by atoms with Crippen molar-refractivity contribution in [2.75, 3.05) is 6.61 Å². The van der Waals surface area contributed by atoms with E-state index in [1.165, 1.54) is 17.5 Å². The molecular formula is C23H28O3. The Morgan fingerprint density at radius 1 is 1.19 bits per heavy atom. The molecule has 0 spiro atoms. The molecule has 1 aromatic rings. The molecule has 3 fully saturated rings. The van der Waals surface area contributed by atoms with E-state index in [9.17, 15) is 4.79 Å². The maximum absolute atomic E-state index is 12.4. The Labute approximate surface area is 155 Å². The number of fused-ring (bicyclic) bond motifs is 5. The monoisotopic (exact) mass is 352 g/mol. The molecule has 1 saturated heterocycles. The minimum Gasteiger partial charge on any atom is -0.465 e. The molecule has 138 valence electrons. The minimum atomic E-state index is -0.0960. The first-order chi connectivity index (χ1) is 12.6. The van der Waals surface area contributed by atoms with Crippen molar-refractivity contribution in [3.05, 3.63) is 41.0 Å². The van der Waals surface area contributed by atoms with E-state index in [0.717, 1.165) is 57.3 Å². The molecule has 4 atom stereocenters. The summed E-state index contributed by atoms with van der Waals surface area (Å²) in [6.45, 7) is 3.02. The van der Waals surface area contributed by atoms with Crippen LogP contribution in [-0.2, 0) is 16.0 Å². The topological polar surface area (TPSA) is 35.5 Å². The summed E-state index contributed by atoms with van der Waals surface area (Å²) >= 11 is 0. The van der Waals surface area contributed by atoms with Gasteiger partial charge in [-0.15, -0.1) is 0 Å². The molecule has 0 amide bonds. The molecule has 4 aliphatic rings. The maximum Gasteiger partial charge on any atom is 0.199 e. The van der Waals surface area contributed by atoms with Crippen molar-refractivity contribution in [3.63, 3.8) is 0 Å². The van der Waals surface area contributed by atoms with Gasteiger partial charge in [0.15, 0.2) is 6.29 Å². The van der Waals surface area contributed by atoms with Gasteiger partial charge in [0.2, 0.25) is 0 Å². The smallest absolute Gasteiger partial charge is 0.199 e. The van der Waals surface area contributed by atoms with E-state index in [-0.39, 0.29) is 11.7 Å². The lowest BCUT2D eigenvalue weighted by atomic mass is 9.60. The Kier molecular flexibility index (Phi) is 3.97. The van der Waals surface area contributed by atoms with E-state index in [1.807, 2.05) is 0 Å². The zero-order valence-electron chi connectivity index (χ0n) is 15.6. The highest BCUT2D eigenvalue weighted by molar-refractivity contribution is 5.88. The third kappa shape index (κ3) is 2.55. The van der Waals surface area contributed by atoms with Crippen molar-refractivity contribution < 1.29 is 14.3 Å². The van der Waals surface area contributed by atoms with Gasteiger partial charge in [0.25, 0.3) is 0 Å². The fourth-order valence-corrected chi connectivity index (χ4v) is 5.75. The second-order valence-corrected chi connectivity index (χ2v) is 8.71. The first-order valence-electron chi connectivity index (χ1n) is 10.3. The van der Waals surface area contributed by atoms with Crippen LogP contribution in [0.3, 0.4) is 0 Å². The van der Waals surface area contributed by atoms with Crippen LogP contribution in [0.15, 0.2) is 29.8 Å². The summed E-state index contributed by atoms with van der Waals surface area (Å²) < 4.78 is 11.8. The van der Waals surface area contributed by atoms with Gasteiger partial charge in [-0.3, -0.25) is 4.79 Å². The average Bonchev–Trinajstić information content (AvgIpc) is 2.97. The molecule has 2 saturated carbocycles. The van der Waals surface area contributed by atoms with Gasteiger partial charge in [-0.2, -0.15) is 0 Å². The first-order valence-corrected chi connectivity index (χ1v) is 10.3. The zero-order chi connectivity index (χ0) is 17.7. The second-order valence-electron chi connectivity index (χ2n) is 8.71. The van der Waals surface area contributed by atoms with E-state index in [0.29, 0.717) is 17.6 Å². The van der Waals surface area contributed by atoms with Crippen LogP contribution in [0.4, 0.5) is 0 Å². The number of benzene rings is 1. The van der Waals surface area contributed by atoms with E-state index in [4.69, 9.17) is 9.47 Å². The van der Waals surface area contributed by atoms with Crippen molar-refractivity contribution in [1.82, 2.24) is 0 Å². The Bertz CT molecular complexity index is 759. The van der Waals surface area contributed by atoms with Crippen LogP contribution in [0.1, 0.15) is 68.9 Å². The predicted molar refractivity (Wildman–Crippen MR) is 100 cm³/mol. The van der Waals surface area contributed by atoms with Crippen molar-refractivity contribution in [2.24, 2.45) is 11.3 Å². The first kappa shape index (κ1) is 16.6. The second kappa shape index (κ2) is 6.23. The number of carbonyl (C=O) groups excluding carboxylic acids is 1. The number of Topliss-reactive ketones (excluding diaryl/α,β-unsaturated/α-hetero) is 1. The molecule has 1 heterocycles. The molecule has 0 radical (unpaired) electrons. The lowest BCUT2D eigenvalue weighted by molar-refractivity contribution is -0.126. The number of hydrogen-bond donors (Lipinski definition) is 0. The number of ether oxygens (including phenoxy) is 2. The van der Waals surface area contributed by atoms with E-state index >= 15 is 0 Å². The highest BCUT2D eigenvalue weighted by Crippen LogP contribution is 2.57. The fourth-order valence-electron chi connectivity index (χ4n) is 5.75. The lowest BCUT2D eigenvalue weighted by Crippen LogP contribution is -2.37. The van der Waals surface area contributed by atoms with Gasteiger partial charge in [0.1, 0.15) is 11.5 Å². The fraction of sp³-hybridized carbons (Fsp3) is 0.609. The van der Waals surface area contributed by atoms with Gasteiger partial charge in [-0.05, 0) is 67.7 Å². The minimum absolute atomic E-state index is 0.0867. The quantitative estimate of drug-likeness (QED) is 0.708. The van der Waals surface area contributed by atoms with Crippen LogP contribution in [0.25, 0.3) is 0 Å². The standard InChI is InChI=1S/C23H28O3/c1-23-12-11-18-17-8-6-16(26-22-4-2-3-13-25-22)14-15(17)5-7-19(18)20(23)9-10-21(23)24/h6-8,14,18,20,22H,2-5,9-13H2,1H3/t18-,20+,22?,23+/m1/s1. The van der Waals surface area contributed by atoms with Crippen molar-refractivity contribution >= 4 is 5.78 Å². The third-order valence-electron chi connectivity index (χ3n) is 7.28. The van der Waals surface area contributed by atoms with Gasteiger partial charge in [0.05, 0.1) is 6.61 Å². The molecule has 1 aromatic carbocycles. The highest BCUT2D eigenvalue weighted by Gasteiger charge is 2.52. The van der Waals surface area contributed by atoms with E-state index in [2.05, 4.69) is 31.2 Å². The number of allylic oxidation sites excluding steroid dienone is 2. The number of carbonyl (C=O) groups is 1. The predicted octanol–water partition coefficient (Wildman–Crippen LogP) is 4.94. The molecular weight excluding hydrogens is 324 g/mol. The summed E-state index contributed by atoms with van der Waals surface area (Å²) in [5, 5.41) is 0. The van der Waals surface area contributed by atoms with Crippen LogP contribution in [0.5, 0.6) is 5.75 Å². The summed E-state index contributed by atoms with van der Waals surface area (Å²) in [5.74, 6) is 2.39. The summed E-state index contributed by atoms with van der Waals surface area (Å²) in [4.78, 5) is 12.4. The number of ketones is 1. The van der Waals surface area contributed by atoms with Gasteiger partial charge in [-0.1, -0.05) is 24.6 Å². The van der Waals surface area contributed by atoms with Crippen LogP contribution in [0.2, 0.25) is 0 Å². The Morgan fingerprint density at radius 3 is 2.96 bits per heavy atom. The number of rotatable bonds is 2. The SMILES string of the molecule is C[C@]12CC[C@H]3C(=CCc4cc(OC5CCCCO5)ccc43)[C@@H]1CCC2=O. The Balaban J connectivity index is 1.39. The van der Waals surface area contributed by atoms with Crippen molar-refractivity contribution in [1.29, 1.82) is 0 Å². The van der Waals surface area contributed by atoms with Gasteiger partial charge in [-0.25, -0.2) is 0 Å². The van der Waals surface area contributed by atoms with E-state index < -0.39 is 0 Å². The number of hydrogen-bond acceptors (Lipinski definition) is 3. The summed E-state index contributed by atoms with van der Waals surface area (Å²) in [6, 6.07) is 6.60. The van der Waals surface area contributed by atoms with Gasteiger partial charge >= 0.3 is 0 Å². The summed E-state index contributed by atoms with van der Waals surface area (Å²) in [7, 11) is 0. The third-order valence-corrected chi connectivity index (χ3v) is 7.28. The average molecular weight is 352 g/mol. The van der Waals surface area contributed by atoms with Gasteiger partial charge in [0, 0.05) is 24.2 Å². The van der Waals surface area contributed by atoms with Crippen molar-refractivity contribution in [2.45, 2.75) is 70.5 Å². The Morgan fingerprint density at radius 2 is 2.12 bits per heavy atom. The van der Waals surface area contributed by atoms with Crippen LogP contribution in [0, 0.1) is 11.3 Å². The molecule has 1 aliphatic heterocycles. The largest absolute Gasteiger partial charge is 0.465 e.